The van der Waals surface area contributed by atoms with Gasteiger partial charge in [0.2, 0.25) is 0 Å². The van der Waals surface area contributed by atoms with Crippen LogP contribution in [0.25, 0.3) is 11.5 Å². The molecule has 2 aromatic carbocycles. The van der Waals surface area contributed by atoms with E-state index < -0.39 is 29.1 Å². The first-order valence-corrected chi connectivity index (χ1v) is 12.8. The van der Waals surface area contributed by atoms with Crippen molar-refractivity contribution in [2.75, 3.05) is 18.0 Å². The topological polar surface area (TPSA) is 101 Å². The van der Waals surface area contributed by atoms with Gasteiger partial charge in [0.25, 0.3) is 11.8 Å². The Morgan fingerprint density at radius 1 is 1.21 bits per heavy atom. The van der Waals surface area contributed by atoms with Gasteiger partial charge in [0.15, 0.2) is 0 Å². The fourth-order valence-electron chi connectivity index (χ4n) is 4.61. The molecule has 1 unspecified atom stereocenters. The van der Waals surface area contributed by atoms with Crippen LogP contribution in [0.2, 0.25) is 0 Å². The molecule has 3 aromatic rings. The zero-order chi connectivity index (χ0) is 27.6. The molecule has 0 aliphatic carbocycles. The first-order chi connectivity index (χ1) is 17.9. The molecule has 8 nitrogen and oxygen atoms in total. The highest BCUT2D eigenvalue weighted by molar-refractivity contribution is 5.71. The summed E-state index contributed by atoms with van der Waals surface area (Å²) in [5.74, 6) is -2.94. The summed E-state index contributed by atoms with van der Waals surface area (Å²) in [5, 5.41) is 16.8. The van der Waals surface area contributed by atoms with Crippen molar-refractivity contribution in [3.05, 3.63) is 53.1 Å². The highest BCUT2D eigenvalue weighted by Crippen LogP contribution is 2.35. The average molecular weight is 529 g/mol. The molecule has 0 fully saturated rings. The molecule has 0 radical (unpaired) electrons. The summed E-state index contributed by atoms with van der Waals surface area (Å²) in [4.78, 5) is 17.8. The van der Waals surface area contributed by atoms with Crippen molar-refractivity contribution in [2.45, 2.75) is 60.1 Å². The third kappa shape index (κ3) is 6.12. The number of carboxylic acid groups (broad SMARTS) is 1. The largest absolute Gasteiger partial charge is 0.491 e. The number of nitrogens with one attached hydrogen (secondary N) is 1. The Hall–Kier alpha value is -3.53. The number of aryl methyl sites for hydroxylation is 1. The molecule has 10 heteroatoms. The highest BCUT2D eigenvalue weighted by Gasteiger charge is 2.31. The van der Waals surface area contributed by atoms with Gasteiger partial charge in [0, 0.05) is 37.5 Å². The van der Waals surface area contributed by atoms with Crippen LogP contribution in [0.5, 0.6) is 5.75 Å². The van der Waals surface area contributed by atoms with E-state index in [0.717, 1.165) is 41.8 Å². The average Bonchev–Trinajstić information content (AvgIpc) is 3.28. The lowest BCUT2D eigenvalue weighted by molar-refractivity contribution is -0.145. The van der Waals surface area contributed by atoms with E-state index in [2.05, 4.69) is 21.5 Å². The first-order valence-electron chi connectivity index (χ1n) is 12.8. The van der Waals surface area contributed by atoms with E-state index >= 15 is 0 Å². The molecule has 1 aromatic heterocycles. The van der Waals surface area contributed by atoms with Gasteiger partial charge >= 0.3 is 5.97 Å². The van der Waals surface area contributed by atoms with Crippen LogP contribution >= 0.6 is 0 Å². The van der Waals surface area contributed by atoms with Gasteiger partial charge in [-0.1, -0.05) is 32.9 Å². The number of aromatic nitrogens is 2. The van der Waals surface area contributed by atoms with Gasteiger partial charge < -0.3 is 24.6 Å². The van der Waals surface area contributed by atoms with E-state index in [-0.39, 0.29) is 29.1 Å². The smallest absolute Gasteiger partial charge is 0.308 e. The summed E-state index contributed by atoms with van der Waals surface area (Å²) >= 11 is 0. The van der Waals surface area contributed by atoms with Gasteiger partial charge in [-0.3, -0.25) is 4.79 Å². The van der Waals surface area contributed by atoms with Crippen LogP contribution < -0.4 is 15.0 Å². The number of carboxylic acids is 1. The number of nitrogens with zero attached hydrogens (tertiary/aromatic N) is 3. The summed E-state index contributed by atoms with van der Waals surface area (Å²) in [7, 11) is 0. The second-order valence-corrected chi connectivity index (χ2v) is 10.9. The lowest BCUT2D eigenvalue weighted by atomic mass is 9.80. The monoisotopic (exact) mass is 528 g/mol. The Bertz CT molecular complexity index is 1280. The van der Waals surface area contributed by atoms with Crippen molar-refractivity contribution in [3.8, 4) is 17.2 Å². The highest BCUT2D eigenvalue weighted by atomic mass is 19.1. The zero-order valence-electron chi connectivity index (χ0n) is 22.3. The van der Waals surface area contributed by atoms with Crippen LogP contribution in [0, 0.1) is 23.0 Å². The molecule has 38 heavy (non-hydrogen) atoms. The number of hydrogen-bond acceptors (Lipinski definition) is 7. The normalized spacial score (nSPS) is 14.5. The fourth-order valence-corrected chi connectivity index (χ4v) is 4.61. The number of halogens is 2. The van der Waals surface area contributed by atoms with Gasteiger partial charge in [-0.15, -0.1) is 0 Å². The van der Waals surface area contributed by atoms with Crippen molar-refractivity contribution < 1.29 is 27.9 Å². The third-order valence-electron chi connectivity index (χ3n) is 6.54. The Morgan fingerprint density at radius 2 is 1.92 bits per heavy atom. The quantitative estimate of drug-likeness (QED) is 0.364. The molecule has 1 aliphatic rings. The van der Waals surface area contributed by atoms with Crippen LogP contribution in [-0.2, 0) is 17.8 Å². The maximum absolute atomic E-state index is 14.7. The number of carbonyl (C=O) groups is 1. The molecule has 204 valence electrons. The molecule has 2 N–H and O–H groups in total. The summed E-state index contributed by atoms with van der Waals surface area (Å²) in [6.07, 6.45) is 1.46. The lowest BCUT2D eigenvalue weighted by Crippen LogP contribution is -2.37. The van der Waals surface area contributed by atoms with E-state index in [4.69, 9.17) is 9.26 Å². The van der Waals surface area contributed by atoms with Crippen LogP contribution in [-0.4, -0.2) is 40.4 Å². The number of hydrogen-bond donors (Lipinski definition) is 2. The molecular formula is C28H34F2N4O4. The second-order valence-electron chi connectivity index (χ2n) is 10.9. The van der Waals surface area contributed by atoms with Crippen LogP contribution in [0.4, 0.5) is 20.4 Å². The third-order valence-corrected chi connectivity index (χ3v) is 6.54. The number of aliphatic carboxylic acids is 1. The molecule has 0 spiro atoms. The van der Waals surface area contributed by atoms with Crippen molar-refractivity contribution >= 4 is 17.6 Å². The zero-order valence-corrected chi connectivity index (χ0v) is 22.3. The van der Waals surface area contributed by atoms with Crippen LogP contribution in [0.1, 0.15) is 52.2 Å². The number of fused-ring (bicyclic) bond motifs is 1. The summed E-state index contributed by atoms with van der Waals surface area (Å²) < 4.78 is 40.1. The van der Waals surface area contributed by atoms with Crippen molar-refractivity contribution in [2.24, 2.45) is 11.3 Å². The van der Waals surface area contributed by atoms with Gasteiger partial charge in [-0.05, 0) is 54.5 Å². The van der Waals surface area contributed by atoms with Gasteiger partial charge in [-0.25, -0.2) is 8.78 Å². The van der Waals surface area contributed by atoms with E-state index in [1.165, 1.54) is 0 Å². The Labute approximate surface area is 221 Å². The summed E-state index contributed by atoms with van der Waals surface area (Å²) in [6.45, 7) is 10.8. The van der Waals surface area contributed by atoms with E-state index in [1.54, 1.807) is 13.8 Å². The fraction of sp³-hybridized carbons (Fsp3) is 0.464. The lowest BCUT2D eigenvalue weighted by Gasteiger charge is -2.29. The summed E-state index contributed by atoms with van der Waals surface area (Å²) in [6, 6.07) is 8.21. The molecular weight excluding hydrogens is 494 g/mol. The van der Waals surface area contributed by atoms with Gasteiger partial charge in [0.05, 0.1) is 12.0 Å². The molecule has 0 saturated heterocycles. The second kappa shape index (κ2) is 11.1. The molecule has 2 heterocycles. The maximum Gasteiger partial charge on any atom is 0.308 e. The predicted octanol–water partition coefficient (Wildman–Crippen LogP) is 5.72. The molecule has 0 amide bonds. The Kier molecular flexibility index (Phi) is 8.01. The van der Waals surface area contributed by atoms with Crippen molar-refractivity contribution in [3.63, 3.8) is 0 Å². The van der Waals surface area contributed by atoms with Crippen LogP contribution in [0.3, 0.4) is 0 Å². The SMILES string of the molecule is CC(C)Oc1cc(F)c(-c2nc(N3CCCc4cc(CNCC(C(=O)O)C(C)(C)C)ccc43)no2)c(F)c1. The molecule has 0 bridgehead atoms. The molecule has 0 saturated carbocycles. The summed E-state index contributed by atoms with van der Waals surface area (Å²) in [5.41, 5.74) is 2.26. The minimum Gasteiger partial charge on any atom is -0.491 e. The van der Waals surface area contributed by atoms with E-state index in [0.29, 0.717) is 19.6 Å². The maximum atomic E-state index is 14.7. The molecule has 1 atom stereocenters. The minimum atomic E-state index is -0.844. The molecule has 4 rings (SSSR count). The van der Waals surface area contributed by atoms with E-state index in [1.807, 2.05) is 37.8 Å². The predicted molar refractivity (Wildman–Crippen MR) is 139 cm³/mol. The number of benzene rings is 2. The Morgan fingerprint density at radius 3 is 2.55 bits per heavy atom. The number of rotatable bonds is 9. The molecule has 1 aliphatic heterocycles. The number of ether oxygens (including phenoxy) is 1. The number of anilines is 2. The first kappa shape index (κ1) is 27.5. The standard InChI is InChI=1S/C28H34F2N4O4/c1-16(2)37-19-12-21(29)24(22(30)13-19)25-32-27(33-38-25)34-10-6-7-18-11-17(8-9-23(18)34)14-31-15-20(26(35)36)28(3,4)5/h8-9,11-13,16,20,31H,6-7,10,14-15H2,1-5H3,(H,35,36). The Balaban J connectivity index is 1.50. The van der Waals surface area contributed by atoms with Crippen molar-refractivity contribution in [1.29, 1.82) is 0 Å². The van der Waals surface area contributed by atoms with Crippen LogP contribution in [0.15, 0.2) is 34.9 Å². The van der Waals surface area contributed by atoms with Gasteiger partial charge in [0.1, 0.15) is 22.9 Å². The van der Waals surface area contributed by atoms with Crippen molar-refractivity contribution in [1.82, 2.24) is 15.5 Å². The minimum absolute atomic E-state index is 0.0885. The van der Waals surface area contributed by atoms with Gasteiger partial charge in [-0.2, -0.15) is 4.98 Å². The van der Waals surface area contributed by atoms with E-state index in [9.17, 15) is 18.7 Å².